The number of nitrogens with zero attached hydrogens (tertiary/aromatic N) is 2. The molecule has 0 spiro atoms. The fraction of sp³-hybridized carbons (Fsp3) is 0.111. The minimum atomic E-state index is -0.965. The fourth-order valence-electron chi connectivity index (χ4n) is 1.31. The van der Waals surface area contributed by atoms with Gasteiger partial charge in [-0.1, -0.05) is 0 Å². The van der Waals surface area contributed by atoms with Gasteiger partial charge in [-0.3, -0.25) is 4.79 Å². The SMILES string of the molecule is Cn1c(C=O)nc2cc(F)c(F)cc21. The van der Waals surface area contributed by atoms with Gasteiger partial charge in [0, 0.05) is 19.2 Å². The van der Waals surface area contributed by atoms with Crippen molar-refractivity contribution in [2.75, 3.05) is 0 Å². The minimum absolute atomic E-state index is 0.144. The summed E-state index contributed by atoms with van der Waals surface area (Å²) in [5, 5.41) is 0. The second-order valence-electron chi connectivity index (χ2n) is 2.90. The van der Waals surface area contributed by atoms with Crippen molar-refractivity contribution in [3.05, 3.63) is 29.6 Å². The van der Waals surface area contributed by atoms with E-state index in [4.69, 9.17) is 0 Å². The number of benzene rings is 1. The molecular weight excluding hydrogens is 190 g/mol. The van der Waals surface area contributed by atoms with Crippen LogP contribution in [0.1, 0.15) is 10.6 Å². The zero-order valence-corrected chi connectivity index (χ0v) is 7.29. The van der Waals surface area contributed by atoms with E-state index >= 15 is 0 Å². The van der Waals surface area contributed by atoms with E-state index < -0.39 is 11.6 Å². The van der Waals surface area contributed by atoms with Gasteiger partial charge in [-0.05, 0) is 0 Å². The van der Waals surface area contributed by atoms with E-state index in [1.807, 2.05) is 0 Å². The maximum Gasteiger partial charge on any atom is 0.185 e. The highest BCUT2D eigenvalue weighted by molar-refractivity contribution is 5.82. The van der Waals surface area contributed by atoms with Crippen LogP contribution in [0, 0.1) is 11.6 Å². The Morgan fingerprint density at radius 3 is 2.64 bits per heavy atom. The number of halogens is 2. The monoisotopic (exact) mass is 196 g/mol. The molecule has 0 bridgehead atoms. The molecule has 0 unspecified atom stereocenters. The largest absolute Gasteiger partial charge is 0.325 e. The topological polar surface area (TPSA) is 34.9 Å². The van der Waals surface area contributed by atoms with Gasteiger partial charge in [0.1, 0.15) is 0 Å². The van der Waals surface area contributed by atoms with E-state index in [2.05, 4.69) is 4.98 Å². The summed E-state index contributed by atoms with van der Waals surface area (Å²) in [4.78, 5) is 14.3. The Morgan fingerprint density at radius 1 is 1.36 bits per heavy atom. The number of imidazole rings is 1. The summed E-state index contributed by atoms with van der Waals surface area (Å²) in [6.45, 7) is 0. The molecule has 0 saturated heterocycles. The van der Waals surface area contributed by atoms with Crippen molar-refractivity contribution in [3.8, 4) is 0 Å². The van der Waals surface area contributed by atoms with Crippen LogP contribution in [-0.4, -0.2) is 15.8 Å². The molecule has 0 aliphatic rings. The molecule has 72 valence electrons. The van der Waals surface area contributed by atoms with Crippen molar-refractivity contribution >= 4 is 17.3 Å². The summed E-state index contributed by atoms with van der Waals surface area (Å²) < 4.78 is 27.0. The normalized spacial score (nSPS) is 10.8. The highest BCUT2D eigenvalue weighted by Gasteiger charge is 2.10. The van der Waals surface area contributed by atoms with Crippen molar-refractivity contribution in [2.24, 2.45) is 7.05 Å². The fourth-order valence-corrected chi connectivity index (χ4v) is 1.31. The molecule has 0 aliphatic heterocycles. The number of hydrogen-bond acceptors (Lipinski definition) is 2. The van der Waals surface area contributed by atoms with Gasteiger partial charge in [0.15, 0.2) is 23.7 Å². The van der Waals surface area contributed by atoms with Crippen LogP contribution >= 0.6 is 0 Å². The molecule has 0 atom stereocenters. The highest BCUT2D eigenvalue weighted by Crippen LogP contribution is 2.17. The van der Waals surface area contributed by atoms with E-state index in [1.54, 1.807) is 7.05 Å². The van der Waals surface area contributed by atoms with Crippen LogP contribution < -0.4 is 0 Å². The Bertz CT molecular complexity index is 519. The number of aromatic nitrogens is 2. The summed E-state index contributed by atoms with van der Waals surface area (Å²) in [6, 6.07) is 1.99. The number of hydrogen-bond donors (Lipinski definition) is 0. The maximum atomic E-state index is 12.8. The first kappa shape index (κ1) is 8.80. The molecule has 14 heavy (non-hydrogen) atoms. The van der Waals surface area contributed by atoms with Crippen molar-refractivity contribution in [3.63, 3.8) is 0 Å². The van der Waals surface area contributed by atoms with Gasteiger partial charge >= 0.3 is 0 Å². The van der Waals surface area contributed by atoms with Crippen LogP contribution in [0.25, 0.3) is 11.0 Å². The summed E-state index contributed by atoms with van der Waals surface area (Å²) in [5.74, 6) is -1.77. The number of fused-ring (bicyclic) bond motifs is 1. The number of carbonyl (C=O) groups excluding carboxylic acids is 1. The number of aldehydes is 1. The molecule has 1 aromatic carbocycles. The minimum Gasteiger partial charge on any atom is -0.325 e. The van der Waals surface area contributed by atoms with Gasteiger partial charge in [-0.2, -0.15) is 0 Å². The molecule has 0 N–H and O–H groups in total. The van der Waals surface area contributed by atoms with Gasteiger partial charge in [0.25, 0.3) is 0 Å². The average Bonchev–Trinajstić information content (AvgIpc) is 2.45. The second-order valence-corrected chi connectivity index (χ2v) is 2.90. The first-order chi connectivity index (χ1) is 6.63. The third kappa shape index (κ3) is 1.09. The number of rotatable bonds is 1. The molecule has 3 nitrogen and oxygen atoms in total. The molecular formula is C9H6F2N2O. The van der Waals surface area contributed by atoms with E-state index in [0.29, 0.717) is 11.8 Å². The summed E-state index contributed by atoms with van der Waals surface area (Å²) in [7, 11) is 1.57. The van der Waals surface area contributed by atoms with Gasteiger partial charge in [-0.15, -0.1) is 0 Å². The first-order valence-electron chi connectivity index (χ1n) is 3.90. The van der Waals surface area contributed by atoms with Crippen LogP contribution in [0.3, 0.4) is 0 Å². The Hall–Kier alpha value is -1.78. The third-order valence-electron chi connectivity index (χ3n) is 2.06. The van der Waals surface area contributed by atoms with Crippen LogP contribution in [0.4, 0.5) is 8.78 Å². The smallest absolute Gasteiger partial charge is 0.185 e. The van der Waals surface area contributed by atoms with Crippen molar-refractivity contribution in [1.82, 2.24) is 9.55 Å². The van der Waals surface area contributed by atoms with Gasteiger partial charge in [0.2, 0.25) is 0 Å². The Morgan fingerprint density at radius 2 is 2.00 bits per heavy atom. The van der Waals surface area contributed by atoms with Crippen LogP contribution in [0.15, 0.2) is 12.1 Å². The third-order valence-corrected chi connectivity index (χ3v) is 2.06. The second kappa shape index (κ2) is 2.87. The molecule has 1 heterocycles. The molecule has 2 aromatic rings. The van der Waals surface area contributed by atoms with Crippen molar-refractivity contribution < 1.29 is 13.6 Å². The zero-order valence-electron chi connectivity index (χ0n) is 7.29. The Balaban J connectivity index is 2.86. The molecule has 0 fully saturated rings. The number of carbonyl (C=O) groups is 1. The van der Waals surface area contributed by atoms with Crippen molar-refractivity contribution in [1.29, 1.82) is 0 Å². The van der Waals surface area contributed by atoms with Gasteiger partial charge in [0.05, 0.1) is 11.0 Å². The maximum absolute atomic E-state index is 12.8. The van der Waals surface area contributed by atoms with E-state index in [0.717, 1.165) is 12.1 Å². The molecule has 0 saturated carbocycles. The molecule has 0 amide bonds. The Kier molecular flexibility index (Phi) is 1.80. The van der Waals surface area contributed by atoms with E-state index in [-0.39, 0.29) is 11.3 Å². The lowest BCUT2D eigenvalue weighted by Crippen LogP contribution is -1.95. The lowest BCUT2D eigenvalue weighted by molar-refractivity contribution is 0.111. The summed E-state index contributed by atoms with van der Waals surface area (Å²) >= 11 is 0. The molecule has 5 heteroatoms. The lowest BCUT2D eigenvalue weighted by Gasteiger charge is -1.96. The average molecular weight is 196 g/mol. The van der Waals surface area contributed by atoms with Crippen LogP contribution in [0.5, 0.6) is 0 Å². The number of aryl methyl sites for hydroxylation is 1. The highest BCUT2D eigenvalue weighted by atomic mass is 19.2. The standard InChI is InChI=1S/C9H6F2N2O/c1-13-8-3-6(11)5(10)2-7(8)12-9(13)4-14/h2-4H,1H3. The quantitative estimate of drug-likeness (QED) is 0.650. The Labute approximate surface area is 78.0 Å². The summed E-state index contributed by atoms with van der Waals surface area (Å²) in [6.07, 6.45) is 0.538. The van der Waals surface area contributed by atoms with E-state index in [9.17, 15) is 13.6 Å². The van der Waals surface area contributed by atoms with Crippen LogP contribution in [0.2, 0.25) is 0 Å². The first-order valence-corrected chi connectivity index (χ1v) is 3.90. The van der Waals surface area contributed by atoms with Crippen molar-refractivity contribution in [2.45, 2.75) is 0 Å². The zero-order chi connectivity index (χ0) is 10.3. The summed E-state index contributed by atoms with van der Waals surface area (Å²) in [5.41, 5.74) is 0.666. The predicted molar refractivity (Wildman–Crippen MR) is 46.0 cm³/mol. The molecule has 0 aliphatic carbocycles. The van der Waals surface area contributed by atoms with E-state index in [1.165, 1.54) is 4.57 Å². The predicted octanol–water partition coefficient (Wildman–Crippen LogP) is 1.66. The molecule has 2 rings (SSSR count). The molecule has 0 radical (unpaired) electrons. The van der Waals surface area contributed by atoms with Gasteiger partial charge in [-0.25, -0.2) is 13.8 Å². The van der Waals surface area contributed by atoms with Crippen LogP contribution in [-0.2, 0) is 7.05 Å². The molecule has 1 aromatic heterocycles. The lowest BCUT2D eigenvalue weighted by atomic mass is 10.3. The van der Waals surface area contributed by atoms with Gasteiger partial charge < -0.3 is 4.57 Å².